The van der Waals surface area contributed by atoms with Crippen LogP contribution in [0.15, 0.2) is 0 Å². The van der Waals surface area contributed by atoms with E-state index in [0.717, 1.165) is 4.68 Å². The molecule has 0 aliphatic heterocycles. The Kier molecular flexibility index (Phi) is 4.17. The third-order valence-electron chi connectivity index (χ3n) is 2.14. The number of halogens is 3. The molecular weight excluding hydrogens is 253 g/mol. The second-order valence-corrected chi connectivity index (χ2v) is 3.39. The third-order valence-corrected chi connectivity index (χ3v) is 2.14. The Labute approximate surface area is 101 Å². The number of rotatable bonds is 5. The van der Waals surface area contributed by atoms with E-state index in [4.69, 9.17) is 16.2 Å². The molecule has 0 unspecified atom stereocenters. The maximum absolute atomic E-state index is 12.6. The first kappa shape index (κ1) is 14.3. The van der Waals surface area contributed by atoms with Gasteiger partial charge in [-0.15, -0.1) is 0 Å². The number of nitrogens with zero attached hydrogens (tertiary/aromatic N) is 2. The highest BCUT2D eigenvalue weighted by molar-refractivity contribution is 5.96. The van der Waals surface area contributed by atoms with Crippen molar-refractivity contribution in [2.24, 2.45) is 5.73 Å². The summed E-state index contributed by atoms with van der Waals surface area (Å²) in [7, 11) is 0. The van der Waals surface area contributed by atoms with Crippen LogP contribution < -0.4 is 11.5 Å². The van der Waals surface area contributed by atoms with Gasteiger partial charge in [-0.2, -0.15) is 18.3 Å². The number of ether oxygens (including phenoxy) is 1. The lowest BCUT2D eigenvalue weighted by atomic mass is 10.2. The van der Waals surface area contributed by atoms with Crippen molar-refractivity contribution in [2.75, 3.05) is 18.9 Å². The first-order valence-corrected chi connectivity index (χ1v) is 5.10. The molecule has 0 saturated carbocycles. The molecule has 9 heteroatoms. The van der Waals surface area contributed by atoms with Crippen molar-refractivity contribution < 1.29 is 22.7 Å². The van der Waals surface area contributed by atoms with Crippen LogP contribution in [0.4, 0.5) is 18.9 Å². The minimum atomic E-state index is -4.73. The van der Waals surface area contributed by atoms with Crippen LogP contribution in [-0.4, -0.2) is 28.9 Å². The van der Waals surface area contributed by atoms with E-state index in [2.05, 4.69) is 5.10 Å². The summed E-state index contributed by atoms with van der Waals surface area (Å²) in [5, 5.41) is 3.26. The number of hydrogen-bond donors (Lipinski definition) is 2. The van der Waals surface area contributed by atoms with Crippen molar-refractivity contribution in [1.82, 2.24) is 9.78 Å². The Bertz CT molecular complexity index is 442. The van der Waals surface area contributed by atoms with E-state index in [-0.39, 0.29) is 13.2 Å². The lowest BCUT2D eigenvalue weighted by molar-refractivity contribution is -0.140. The molecule has 0 saturated heterocycles. The van der Waals surface area contributed by atoms with Crippen molar-refractivity contribution in [3.8, 4) is 0 Å². The van der Waals surface area contributed by atoms with Crippen molar-refractivity contribution in [3.05, 3.63) is 11.4 Å². The van der Waals surface area contributed by atoms with Crippen LogP contribution in [0.2, 0.25) is 0 Å². The summed E-state index contributed by atoms with van der Waals surface area (Å²) in [6.45, 7) is 2.20. The fraction of sp³-hybridized carbons (Fsp3) is 0.556. The maximum Gasteiger partial charge on any atom is 0.437 e. The van der Waals surface area contributed by atoms with E-state index >= 15 is 0 Å². The highest BCUT2D eigenvalue weighted by Gasteiger charge is 2.39. The number of carbonyl (C=O) groups is 1. The molecule has 0 bridgehead atoms. The molecule has 102 valence electrons. The molecule has 4 N–H and O–H groups in total. The monoisotopic (exact) mass is 266 g/mol. The van der Waals surface area contributed by atoms with Gasteiger partial charge in [-0.25, -0.2) is 0 Å². The minimum absolute atomic E-state index is 0.0353. The molecule has 0 aliphatic carbocycles. The van der Waals surface area contributed by atoms with Crippen LogP contribution in [0.5, 0.6) is 0 Å². The fourth-order valence-corrected chi connectivity index (χ4v) is 1.40. The molecule has 0 fully saturated rings. The quantitative estimate of drug-likeness (QED) is 0.763. The van der Waals surface area contributed by atoms with Gasteiger partial charge in [0.1, 0.15) is 5.69 Å². The summed E-state index contributed by atoms with van der Waals surface area (Å²) in [5.74, 6) is -1.06. The highest BCUT2D eigenvalue weighted by atomic mass is 19.4. The van der Waals surface area contributed by atoms with Crippen molar-refractivity contribution in [3.63, 3.8) is 0 Å². The van der Waals surface area contributed by atoms with E-state index in [1.807, 2.05) is 0 Å². The molecule has 0 spiro atoms. The van der Waals surface area contributed by atoms with E-state index in [9.17, 15) is 18.0 Å². The van der Waals surface area contributed by atoms with Crippen LogP contribution in [-0.2, 0) is 17.5 Å². The summed E-state index contributed by atoms with van der Waals surface area (Å²) in [6, 6.07) is 0. The SMILES string of the molecule is CCOCCn1nc(C(F)(F)F)c(N)c1C(N)=O. The first-order valence-electron chi connectivity index (χ1n) is 5.10. The molecule has 0 radical (unpaired) electrons. The Balaban J connectivity index is 3.12. The molecule has 1 amide bonds. The zero-order valence-electron chi connectivity index (χ0n) is 9.62. The molecule has 1 heterocycles. The van der Waals surface area contributed by atoms with Gasteiger partial charge in [-0.3, -0.25) is 9.48 Å². The van der Waals surface area contributed by atoms with E-state index in [1.165, 1.54) is 0 Å². The van der Waals surface area contributed by atoms with Crippen LogP contribution in [0.25, 0.3) is 0 Å². The lowest BCUT2D eigenvalue weighted by Gasteiger charge is -2.04. The number of aromatic nitrogens is 2. The van der Waals surface area contributed by atoms with Gasteiger partial charge in [-0.05, 0) is 6.92 Å². The zero-order chi connectivity index (χ0) is 13.9. The topological polar surface area (TPSA) is 96.2 Å². The Morgan fingerprint density at radius 2 is 2.11 bits per heavy atom. The van der Waals surface area contributed by atoms with Crippen LogP contribution >= 0.6 is 0 Å². The number of primary amides is 1. The lowest BCUT2D eigenvalue weighted by Crippen LogP contribution is -2.20. The molecule has 0 aromatic carbocycles. The van der Waals surface area contributed by atoms with Crippen LogP contribution in [0.1, 0.15) is 23.1 Å². The van der Waals surface area contributed by atoms with Gasteiger partial charge in [0.05, 0.1) is 18.8 Å². The van der Waals surface area contributed by atoms with E-state index in [1.54, 1.807) is 6.92 Å². The van der Waals surface area contributed by atoms with Gasteiger partial charge in [0.2, 0.25) is 0 Å². The van der Waals surface area contributed by atoms with Gasteiger partial charge in [0.25, 0.3) is 5.91 Å². The first-order chi connectivity index (χ1) is 8.29. The number of hydrogen-bond acceptors (Lipinski definition) is 4. The third kappa shape index (κ3) is 2.92. The summed E-state index contributed by atoms with van der Waals surface area (Å²) in [4.78, 5) is 11.1. The minimum Gasteiger partial charge on any atom is -0.395 e. The van der Waals surface area contributed by atoms with Gasteiger partial charge in [-0.1, -0.05) is 0 Å². The molecule has 6 nitrogen and oxygen atoms in total. The molecule has 1 aromatic rings. The molecule has 18 heavy (non-hydrogen) atoms. The van der Waals surface area contributed by atoms with Gasteiger partial charge in [0.15, 0.2) is 5.69 Å². The van der Waals surface area contributed by atoms with Crippen molar-refractivity contribution >= 4 is 11.6 Å². The van der Waals surface area contributed by atoms with E-state index < -0.39 is 29.2 Å². The van der Waals surface area contributed by atoms with Gasteiger partial charge < -0.3 is 16.2 Å². The summed E-state index contributed by atoms with van der Waals surface area (Å²) >= 11 is 0. The number of anilines is 1. The largest absolute Gasteiger partial charge is 0.437 e. The Morgan fingerprint density at radius 1 is 1.50 bits per heavy atom. The number of nitrogen functional groups attached to an aromatic ring is 1. The Morgan fingerprint density at radius 3 is 2.56 bits per heavy atom. The molecular formula is C9H13F3N4O2. The second-order valence-electron chi connectivity index (χ2n) is 3.39. The zero-order valence-corrected chi connectivity index (χ0v) is 9.62. The van der Waals surface area contributed by atoms with Crippen molar-refractivity contribution in [2.45, 2.75) is 19.6 Å². The number of alkyl halides is 3. The van der Waals surface area contributed by atoms with Gasteiger partial charge in [0, 0.05) is 6.61 Å². The number of carbonyl (C=O) groups excluding carboxylic acids is 1. The van der Waals surface area contributed by atoms with Gasteiger partial charge >= 0.3 is 6.18 Å². The molecule has 0 aliphatic rings. The number of amides is 1. The van der Waals surface area contributed by atoms with Crippen LogP contribution in [0.3, 0.4) is 0 Å². The average Bonchev–Trinajstić information content (AvgIpc) is 2.55. The maximum atomic E-state index is 12.6. The van der Waals surface area contributed by atoms with Crippen LogP contribution in [0, 0.1) is 0 Å². The summed E-state index contributed by atoms with van der Waals surface area (Å²) in [6.07, 6.45) is -4.73. The van der Waals surface area contributed by atoms with Crippen molar-refractivity contribution in [1.29, 1.82) is 0 Å². The summed E-state index contributed by atoms with van der Waals surface area (Å²) in [5.41, 5.74) is 7.71. The predicted molar refractivity (Wildman–Crippen MR) is 56.7 cm³/mol. The summed E-state index contributed by atoms with van der Waals surface area (Å²) < 4.78 is 43.5. The smallest absolute Gasteiger partial charge is 0.395 e. The Hall–Kier alpha value is -1.77. The van der Waals surface area contributed by atoms with E-state index in [0.29, 0.717) is 6.61 Å². The molecule has 0 atom stereocenters. The predicted octanol–water partition coefficient (Wildman–Crippen LogP) is 0.620. The highest BCUT2D eigenvalue weighted by Crippen LogP contribution is 2.34. The average molecular weight is 266 g/mol. The standard InChI is InChI=1S/C9H13F3N4O2/c1-2-18-4-3-16-6(8(14)17)5(13)7(15-16)9(10,11)12/h2-4,13H2,1H3,(H2,14,17). The molecule has 1 aromatic heterocycles. The number of nitrogens with two attached hydrogens (primary N) is 2. The fourth-order valence-electron chi connectivity index (χ4n) is 1.40. The normalized spacial score (nSPS) is 11.8. The second kappa shape index (κ2) is 5.25. The molecule has 1 rings (SSSR count).